The Bertz CT molecular complexity index is 3260. The lowest BCUT2D eigenvalue weighted by Crippen LogP contribution is -2.11. The van der Waals surface area contributed by atoms with Gasteiger partial charge in [-0.05, 0) is 111 Å². The summed E-state index contributed by atoms with van der Waals surface area (Å²) in [5.74, 6) is 0. The van der Waals surface area contributed by atoms with Gasteiger partial charge in [0.1, 0.15) is 0 Å². The van der Waals surface area contributed by atoms with E-state index < -0.39 is 0 Å². The number of hydrogen-bond acceptors (Lipinski definition) is 1. The minimum atomic E-state index is 1.08. The van der Waals surface area contributed by atoms with Gasteiger partial charge in [0, 0.05) is 33.4 Å². The molecule has 62 heavy (non-hydrogen) atoms. The van der Waals surface area contributed by atoms with Gasteiger partial charge in [0.25, 0.3) is 0 Å². The van der Waals surface area contributed by atoms with Crippen molar-refractivity contribution in [3.05, 3.63) is 255 Å². The third-order valence-electron chi connectivity index (χ3n) is 12.0. The molecule has 0 aliphatic carbocycles. The predicted octanol–water partition coefficient (Wildman–Crippen LogP) is 16.6. The summed E-state index contributed by atoms with van der Waals surface area (Å²) in [6.07, 6.45) is 0. The monoisotopic (exact) mass is 790 g/mol. The van der Waals surface area contributed by atoms with Crippen molar-refractivity contribution >= 4 is 38.9 Å². The molecule has 2 nitrogen and oxygen atoms in total. The van der Waals surface area contributed by atoms with Gasteiger partial charge in [-0.1, -0.05) is 194 Å². The number of aromatic nitrogens is 1. The van der Waals surface area contributed by atoms with E-state index in [-0.39, 0.29) is 0 Å². The van der Waals surface area contributed by atoms with Crippen LogP contribution in [0.1, 0.15) is 0 Å². The highest BCUT2D eigenvalue weighted by atomic mass is 15.1. The molecule has 0 saturated heterocycles. The Balaban J connectivity index is 1.06. The summed E-state index contributed by atoms with van der Waals surface area (Å²) in [7, 11) is 0. The third kappa shape index (κ3) is 6.84. The van der Waals surface area contributed by atoms with Crippen LogP contribution in [0, 0.1) is 0 Å². The van der Waals surface area contributed by atoms with Crippen LogP contribution in [0.3, 0.4) is 0 Å². The van der Waals surface area contributed by atoms with E-state index in [1.165, 1.54) is 60.8 Å². The quantitative estimate of drug-likeness (QED) is 0.141. The second-order valence-electron chi connectivity index (χ2n) is 15.7. The predicted molar refractivity (Wildman–Crippen MR) is 263 cm³/mol. The highest BCUT2D eigenvalue weighted by molar-refractivity contribution is 6.09. The van der Waals surface area contributed by atoms with Gasteiger partial charge in [-0.15, -0.1) is 0 Å². The summed E-state index contributed by atoms with van der Waals surface area (Å²) in [5.41, 5.74) is 18.6. The van der Waals surface area contributed by atoms with Crippen molar-refractivity contribution in [1.29, 1.82) is 0 Å². The van der Waals surface area contributed by atoms with E-state index in [9.17, 15) is 0 Å². The van der Waals surface area contributed by atoms with Crippen molar-refractivity contribution in [2.24, 2.45) is 0 Å². The number of anilines is 3. The highest BCUT2D eigenvalue weighted by Gasteiger charge is 2.20. The summed E-state index contributed by atoms with van der Waals surface area (Å²) >= 11 is 0. The summed E-state index contributed by atoms with van der Waals surface area (Å²) < 4.78 is 2.42. The van der Waals surface area contributed by atoms with Crippen LogP contribution in [0.2, 0.25) is 0 Å². The van der Waals surface area contributed by atoms with Crippen LogP contribution in [-0.4, -0.2) is 4.57 Å². The molecule has 0 saturated carbocycles. The first-order valence-corrected chi connectivity index (χ1v) is 21.3. The smallest absolute Gasteiger partial charge is 0.0541 e. The number of hydrogen-bond donors (Lipinski definition) is 0. The first-order valence-electron chi connectivity index (χ1n) is 21.3. The SMILES string of the molecule is c1ccc(-c2ccc(N(c3ccc(-c4cc(-c5ccccc5)cc(-n5c6ccccc6c6ccccc65)c4)cc3)c3ccccc3-c3ccccc3-c3ccccc3)cc2)cc1. The lowest BCUT2D eigenvalue weighted by Gasteiger charge is -2.29. The van der Waals surface area contributed by atoms with E-state index in [1.54, 1.807) is 0 Å². The highest BCUT2D eigenvalue weighted by Crippen LogP contribution is 2.45. The molecule has 0 radical (unpaired) electrons. The van der Waals surface area contributed by atoms with E-state index in [0.717, 1.165) is 39.4 Å². The minimum Gasteiger partial charge on any atom is -0.310 e. The molecule has 0 bridgehead atoms. The van der Waals surface area contributed by atoms with Gasteiger partial charge >= 0.3 is 0 Å². The molecule has 2 heteroatoms. The number of nitrogens with zero attached hydrogens (tertiary/aromatic N) is 2. The Labute approximate surface area is 362 Å². The van der Waals surface area contributed by atoms with Crippen LogP contribution in [0.25, 0.3) is 83.1 Å². The summed E-state index contributed by atoms with van der Waals surface area (Å²) in [4.78, 5) is 2.40. The molecule has 0 aliphatic heterocycles. The fraction of sp³-hybridized carbons (Fsp3) is 0. The minimum absolute atomic E-state index is 1.08. The van der Waals surface area contributed by atoms with Gasteiger partial charge < -0.3 is 9.47 Å². The van der Waals surface area contributed by atoms with Gasteiger partial charge in [-0.2, -0.15) is 0 Å². The van der Waals surface area contributed by atoms with Gasteiger partial charge in [0.15, 0.2) is 0 Å². The van der Waals surface area contributed by atoms with Crippen LogP contribution < -0.4 is 4.90 Å². The molecular formula is C60H42N2. The van der Waals surface area contributed by atoms with Crippen LogP contribution in [0.4, 0.5) is 17.1 Å². The van der Waals surface area contributed by atoms with E-state index >= 15 is 0 Å². The van der Waals surface area contributed by atoms with E-state index in [0.29, 0.717) is 0 Å². The van der Waals surface area contributed by atoms with Crippen molar-refractivity contribution in [2.75, 3.05) is 4.90 Å². The Morgan fingerprint density at radius 2 is 0.645 bits per heavy atom. The molecular weight excluding hydrogens is 749 g/mol. The molecule has 1 aromatic heterocycles. The van der Waals surface area contributed by atoms with Crippen molar-refractivity contribution < 1.29 is 0 Å². The molecule has 0 spiro atoms. The van der Waals surface area contributed by atoms with Crippen LogP contribution in [-0.2, 0) is 0 Å². The Hall–Kier alpha value is -8.20. The van der Waals surface area contributed by atoms with E-state index in [4.69, 9.17) is 0 Å². The number of fused-ring (bicyclic) bond motifs is 3. The zero-order valence-corrected chi connectivity index (χ0v) is 34.1. The summed E-state index contributed by atoms with van der Waals surface area (Å²) in [5, 5.41) is 2.50. The fourth-order valence-corrected chi connectivity index (χ4v) is 9.05. The van der Waals surface area contributed by atoms with Gasteiger partial charge in [0.2, 0.25) is 0 Å². The van der Waals surface area contributed by atoms with Crippen LogP contribution in [0.15, 0.2) is 255 Å². The van der Waals surface area contributed by atoms with E-state index in [2.05, 4.69) is 264 Å². The van der Waals surface area contributed by atoms with E-state index in [1.807, 2.05) is 0 Å². The lowest BCUT2D eigenvalue weighted by molar-refractivity contribution is 1.18. The molecule has 10 aromatic carbocycles. The Morgan fingerprint density at radius 1 is 0.258 bits per heavy atom. The fourth-order valence-electron chi connectivity index (χ4n) is 9.05. The zero-order chi connectivity index (χ0) is 41.2. The molecule has 0 fully saturated rings. The van der Waals surface area contributed by atoms with Gasteiger partial charge in [-0.25, -0.2) is 0 Å². The van der Waals surface area contributed by atoms with Gasteiger partial charge in [0.05, 0.1) is 16.7 Å². The molecule has 1 heterocycles. The summed E-state index contributed by atoms with van der Waals surface area (Å²) in [6.45, 7) is 0. The van der Waals surface area contributed by atoms with Crippen molar-refractivity contribution in [3.63, 3.8) is 0 Å². The molecule has 0 aliphatic rings. The van der Waals surface area contributed by atoms with Crippen molar-refractivity contribution in [3.8, 4) is 61.3 Å². The number of para-hydroxylation sites is 3. The van der Waals surface area contributed by atoms with Crippen molar-refractivity contribution in [1.82, 2.24) is 4.57 Å². The maximum Gasteiger partial charge on any atom is 0.0541 e. The van der Waals surface area contributed by atoms with Crippen molar-refractivity contribution in [2.45, 2.75) is 0 Å². The molecule has 0 unspecified atom stereocenters. The number of benzene rings is 10. The Morgan fingerprint density at radius 3 is 1.19 bits per heavy atom. The zero-order valence-electron chi connectivity index (χ0n) is 34.1. The normalized spacial score (nSPS) is 11.2. The largest absolute Gasteiger partial charge is 0.310 e. The number of rotatable bonds is 9. The Kier molecular flexibility index (Phi) is 9.57. The maximum absolute atomic E-state index is 2.42. The first-order chi connectivity index (χ1) is 30.8. The average Bonchev–Trinajstić information content (AvgIpc) is 3.70. The molecule has 292 valence electrons. The van der Waals surface area contributed by atoms with Crippen LogP contribution in [0.5, 0.6) is 0 Å². The summed E-state index contributed by atoms with van der Waals surface area (Å²) in [6, 6.07) is 92.1. The first kappa shape index (κ1) is 36.8. The second kappa shape index (κ2) is 16.1. The molecule has 11 aromatic rings. The molecule has 0 atom stereocenters. The standard InChI is InChI=1S/C60H42N2/c1-4-18-43(19-5-1)45-32-36-50(37-33-45)61(58-29-15-12-26-55(58)54-25-11-10-24-53(54)47-22-8-3-9-23-47)51-38-34-46(35-39-51)49-40-48(44-20-6-2-7-21-44)41-52(42-49)62-59-30-16-13-27-56(59)57-28-14-17-31-60(57)62/h1-42H. The van der Waals surface area contributed by atoms with Gasteiger partial charge in [-0.3, -0.25) is 0 Å². The lowest BCUT2D eigenvalue weighted by atomic mass is 9.93. The van der Waals surface area contributed by atoms with Crippen LogP contribution >= 0.6 is 0 Å². The molecule has 0 N–H and O–H groups in total. The third-order valence-corrected chi connectivity index (χ3v) is 12.0. The average molecular weight is 791 g/mol. The topological polar surface area (TPSA) is 8.17 Å². The molecule has 11 rings (SSSR count). The second-order valence-corrected chi connectivity index (χ2v) is 15.7. The molecule has 0 amide bonds. The maximum atomic E-state index is 2.42.